The maximum Gasteiger partial charge on any atom is 0.762 e. The zero-order chi connectivity index (χ0) is 8.97. The first-order valence-corrected chi connectivity index (χ1v) is 4.05. The molecule has 3 aliphatic rings. The summed E-state index contributed by atoms with van der Waals surface area (Å²) in [5, 5.41) is 0. The number of piperazine rings is 3. The van der Waals surface area contributed by atoms with Crippen molar-refractivity contribution in [2.45, 2.75) is 0 Å². The molecule has 0 amide bonds. The minimum Gasteiger partial charge on any atom is -0.300 e. The smallest absolute Gasteiger partial charge is 0.300 e. The monoisotopic (exact) mass is 180 g/mol. The molecule has 3 rings (SSSR count). The van der Waals surface area contributed by atoms with E-state index in [-0.39, 0.29) is 0 Å². The van der Waals surface area contributed by atoms with Gasteiger partial charge < -0.3 is 0 Å². The topological polar surface area (TPSA) is 6.48 Å². The Hall–Kier alpha value is -0.225. The van der Waals surface area contributed by atoms with E-state index in [0.29, 0.717) is 0 Å². The van der Waals surface area contributed by atoms with Crippen LogP contribution in [0.3, 0.4) is 0 Å². The molecule has 6 heteroatoms. The summed E-state index contributed by atoms with van der Waals surface area (Å²) in [4.78, 5) is 5.08. The van der Waals surface area contributed by atoms with Gasteiger partial charge in [0.1, 0.15) is 0 Å². The van der Waals surface area contributed by atoms with Crippen molar-refractivity contribution in [3.8, 4) is 0 Å². The fourth-order valence-electron chi connectivity index (χ4n) is 1.52. The highest BCUT2D eigenvalue weighted by Crippen LogP contribution is 2.06. The van der Waals surface area contributed by atoms with E-state index in [2.05, 4.69) is 9.80 Å². The lowest BCUT2D eigenvalue weighted by Gasteiger charge is -2.41. The molecule has 0 aromatic heterocycles. The Labute approximate surface area is 70.5 Å². The number of rotatable bonds is 0. The van der Waals surface area contributed by atoms with Gasteiger partial charge in [-0.15, -0.1) is 0 Å². The molecule has 2 nitrogen and oxygen atoms in total. The molecule has 3 saturated heterocycles. The van der Waals surface area contributed by atoms with Gasteiger partial charge in [-0.25, -0.2) is 0 Å². The molecule has 0 aliphatic carbocycles. The Morgan fingerprint density at radius 3 is 0.917 bits per heavy atom. The minimum atomic E-state index is -3.67. The molecule has 0 spiro atoms. The summed E-state index contributed by atoms with van der Waals surface area (Å²) < 4.78 is 29.0. The van der Waals surface area contributed by atoms with E-state index in [1.54, 1.807) is 0 Å². The summed E-state index contributed by atoms with van der Waals surface area (Å²) in [6.07, 6.45) is 0. The Kier molecular flexibility index (Phi) is 3.88. The molecule has 0 atom stereocenters. The highest BCUT2D eigenvalue weighted by atomic mass is 19.4. The third kappa shape index (κ3) is 3.45. The molecule has 2 bridgehead atoms. The van der Waals surface area contributed by atoms with Gasteiger partial charge in [-0.3, -0.25) is 22.7 Å². The molecule has 3 aliphatic heterocycles. The maximum absolute atomic E-state index is 9.67. The van der Waals surface area contributed by atoms with Crippen molar-refractivity contribution in [3.05, 3.63) is 0 Å². The zero-order valence-corrected chi connectivity index (χ0v) is 6.85. The number of halogens is 3. The van der Waals surface area contributed by atoms with Crippen LogP contribution in [0, 0.1) is 0 Å². The van der Waals surface area contributed by atoms with Gasteiger partial charge in [0.2, 0.25) is 0 Å². The zero-order valence-electron chi connectivity index (χ0n) is 6.85. The van der Waals surface area contributed by atoms with E-state index in [0.717, 1.165) is 0 Å². The number of fused-ring (bicyclic) bond motifs is 3. The summed E-state index contributed by atoms with van der Waals surface area (Å²) in [5.74, 6) is 0. The second-order valence-electron chi connectivity index (χ2n) is 2.93. The quantitative estimate of drug-likeness (QED) is 0.500. The standard InChI is InChI=1S/C6H12N2.BF3/c1-2-8-5-3-7(1)4-6-8;2-1(3)4/h1-6H2;. The van der Waals surface area contributed by atoms with Gasteiger partial charge in [-0.1, -0.05) is 0 Å². The summed E-state index contributed by atoms with van der Waals surface area (Å²) >= 11 is 0. The van der Waals surface area contributed by atoms with Crippen LogP contribution in [0.4, 0.5) is 12.9 Å². The van der Waals surface area contributed by atoms with Gasteiger partial charge in [0, 0.05) is 39.3 Å². The molecule has 0 unspecified atom stereocenters. The van der Waals surface area contributed by atoms with Crippen LogP contribution in [0.15, 0.2) is 0 Å². The molecule has 0 saturated carbocycles. The van der Waals surface area contributed by atoms with Crippen molar-refractivity contribution >= 4 is 7.54 Å². The van der Waals surface area contributed by atoms with Crippen LogP contribution in [-0.2, 0) is 0 Å². The van der Waals surface area contributed by atoms with Crippen molar-refractivity contribution < 1.29 is 12.9 Å². The van der Waals surface area contributed by atoms with E-state index in [9.17, 15) is 12.9 Å². The largest absolute Gasteiger partial charge is 0.762 e. The summed E-state index contributed by atoms with van der Waals surface area (Å²) in [6.45, 7) is 7.92. The lowest BCUT2D eigenvalue weighted by molar-refractivity contribution is 0.0647. The second kappa shape index (κ2) is 4.72. The van der Waals surface area contributed by atoms with Crippen LogP contribution in [-0.4, -0.2) is 56.6 Å². The molecule has 3 fully saturated rings. The van der Waals surface area contributed by atoms with Gasteiger partial charge in [0.15, 0.2) is 0 Å². The average molecular weight is 180 g/mol. The normalized spacial score (nSPS) is 32.2. The number of hydrogen-bond acceptors (Lipinski definition) is 2. The predicted octanol–water partition coefficient (Wildman–Crippen LogP) is 0.497. The predicted molar refractivity (Wildman–Crippen MR) is 42.0 cm³/mol. The Morgan fingerprint density at radius 2 is 0.833 bits per heavy atom. The maximum atomic E-state index is 9.67. The summed E-state index contributed by atoms with van der Waals surface area (Å²) in [6, 6.07) is 0. The fourth-order valence-corrected chi connectivity index (χ4v) is 1.52. The Morgan fingerprint density at radius 1 is 0.667 bits per heavy atom. The first-order chi connectivity index (χ1) is 5.68. The van der Waals surface area contributed by atoms with Crippen molar-refractivity contribution in [2.24, 2.45) is 0 Å². The Bertz CT molecular complexity index is 102. The SMILES string of the molecule is C1CN2CCN1CC2.FB(F)F. The van der Waals surface area contributed by atoms with Gasteiger partial charge in [-0.05, 0) is 0 Å². The van der Waals surface area contributed by atoms with Gasteiger partial charge in [0.05, 0.1) is 0 Å². The molecule has 3 heterocycles. The van der Waals surface area contributed by atoms with Gasteiger partial charge >= 0.3 is 7.54 Å². The van der Waals surface area contributed by atoms with E-state index in [1.807, 2.05) is 0 Å². The summed E-state index contributed by atoms with van der Waals surface area (Å²) in [7, 11) is -3.67. The van der Waals surface area contributed by atoms with E-state index in [4.69, 9.17) is 0 Å². The Balaban J connectivity index is 0.000000157. The van der Waals surface area contributed by atoms with Crippen LogP contribution in [0.1, 0.15) is 0 Å². The molecular weight excluding hydrogens is 168 g/mol. The fraction of sp³-hybridized carbons (Fsp3) is 1.00. The summed E-state index contributed by atoms with van der Waals surface area (Å²) in [5.41, 5.74) is 0. The highest BCUT2D eigenvalue weighted by Gasteiger charge is 2.21. The van der Waals surface area contributed by atoms with Crippen LogP contribution in [0.5, 0.6) is 0 Å². The van der Waals surface area contributed by atoms with E-state index < -0.39 is 7.54 Å². The second-order valence-corrected chi connectivity index (χ2v) is 2.93. The number of nitrogens with zero attached hydrogens (tertiary/aromatic N) is 2. The first-order valence-electron chi connectivity index (χ1n) is 4.05. The third-order valence-electron chi connectivity index (χ3n) is 2.20. The van der Waals surface area contributed by atoms with Crippen LogP contribution >= 0.6 is 0 Å². The van der Waals surface area contributed by atoms with Crippen LogP contribution in [0.25, 0.3) is 0 Å². The molecule has 70 valence electrons. The van der Waals surface area contributed by atoms with Crippen molar-refractivity contribution in [1.82, 2.24) is 9.80 Å². The molecule has 0 N–H and O–H groups in total. The lowest BCUT2D eigenvalue weighted by Crippen LogP contribution is -2.55. The molecule has 12 heavy (non-hydrogen) atoms. The van der Waals surface area contributed by atoms with Crippen molar-refractivity contribution in [2.75, 3.05) is 39.3 Å². The van der Waals surface area contributed by atoms with Crippen molar-refractivity contribution in [1.29, 1.82) is 0 Å². The molecule has 0 aromatic rings. The van der Waals surface area contributed by atoms with Crippen LogP contribution < -0.4 is 0 Å². The first kappa shape index (κ1) is 9.86. The highest BCUT2D eigenvalue weighted by molar-refractivity contribution is 6.33. The minimum absolute atomic E-state index is 1.32. The van der Waals surface area contributed by atoms with E-state index in [1.165, 1.54) is 39.3 Å². The average Bonchev–Trinajstić information content (AvgIpc) is 2.07. The van der Waals surface area contributed by atoms with Crippen LogP contribution in [0.2, 0.25) is 0 Å². The van der Waals surface area contributed by atoms with E-state index >= 15 is 0 Å². The van der Waals surface area contributed by atoms with Gasteiger partial charge in [-0.2, -0.15) is 0 Å². The lowest BCUT2D eigenvalue weighted by atomic mass is 10.2. The molecular formula is C6H12BF3N2. The van der Waals surface area contributed by atoms with Gasteiger partial charge in [0.25, 0.3) is 0 Å². The number of hydrogen-bond donors (Lipinski definition) is 0. The third-order valence-corrected chi connectivity index (χ3v) is 2.20. The molecule has 0 radical (unpaired) electrons. The van der Waals surface area contributed by atoms with Crippen molar-refractivity contribution in [3.63, 3.8) is 0 Å². The molecule has 0 aromatic carbocycles.